The summed E-state index contributed by atoms with van der Waals surface area (Å²) in [6.45, 7) is 61.4. The first kappa shape index (κ1) is 73.9. The molecule has 79 heavy (non-hydrogen) atoms. The highest BCUT2D eigenvalue weighted by molar-refractivity contribution is 6.75. The molecule has 1 fully saturated rings. The molecule has 1 aliphatic heterocycles. The molecule has 1 aromatic carbocycles. The van der Waals surface area contributed by atoms with E-state index in [4.69, 9.17) is 36.3 Å². The predicted molar refractivity (Wildman–Crippen MR) is 347 cm³/mol. The zero-order chi connectivity index (χ0) is 60.7. The molecule has 15 heteroatoms. The minimum Gasteiger partial charge on any atom is -0.427 e. The van der Waals surface area contributed by atoms with Crippen LogP contribution in [0.25, 0.3) is 0 Å². The number of hydrogen-bond donors (Lipinski definition) is 1. The van der Waals surface area contributed by atoms with Gasteiger partial charge in [-0.2, -0.15) is 0 Å². The molecule has 460 valence electrons. The Labute approximate surface area is 492 Å². The molecule has 1 saturated heterocycles. The zero-order valence-electron chi connectivity index (χ0n) is 55.8. The zero-order valence-corrected chi connectivity index (χ0v) is 60.8. The smallest absolute Gasteiger partial charge is 0.427 e. The molecule has 1 heterocycles. The number of aliphatic hydroxyl groups excluding tert-OH is 1. The van der Waals surface area contributed by atoms with Gasteiger partial charge < -0.3 is 41.4 Å². The Balaban J connectivity index is 2.13. The lowest BCUT2D eigenvalue weighted by atomic mass is 9.93. The highest BCUT2D eigenvalue weighted by atomic mass is 28.4. The van der Waals surface area contributed by atoms with Crippen LogP contribution < -0.4 is 0 Å². The fourth-order valence-corrected chi connectivity index (χ4v) is 14.6. The van der Waals surface area contributed by atoms with Crippen LogP contribution in [0, 0.1) is 5.92 Å². The largest absolute Gasteiger partial charge is 0.509 e. The molecule has 10 nitrogen and oxygen atoms in total. The van der Waals surface area contributed by atoms with Crippen LogP contribution in [0.4, 0.5) is 4.79 Å². The number of cyclic esters (lactones) is 2. The van der Waals surface area contributed by atoms with Crippen molar-refractivity contribution < 1.29 is 46.2 Å². The summed E-state index contributed by atoms with van der Waals surface area (Å²) >= 11 is 0. The van der Waals surface area contributed by atoms with E-state index in [-0.39, 0.29) is 73.8 Å². The molecule has 0 radical (unpaired) electrons. The molecule has 0 saturated carbocycles. The lowest BCUT2D eigenvalue weighted by Gasteiger charge is -2.41. The van der Waals surface area contributed by atoms with Crippen LogP contribution >= 0.6 is 0 Å². The lowest BCUT2D eigenvalue weighted by Crippen LogP contribution is -2.47. The first-order chi connectivity index (χ1) is 35.8. The summed E-state index contributed by atoms with van der Waals surface area (Å²) in [6.07, 6.45) is 16.1. The molecule has 0 unspecified atom stereocenters. The van der Waals surface area contributed by atoms with Gasteiger partial charge in [-0.1, -0.05) is 178 Å². The highest BCUT2D eigenvalue weighted by Crippen LogP contribution is 2.43. The Morgan fingerprint density at radius 1 is 0.544 bits per heavy atom. The topological polar surface area (TPSA) is 111 Å². The van der Waals surface area contributed by atoms with E-state index >= 15 is 0 Å². The third-order valence-electron chi connectivity index (χ3n) is 19.0. The van der Waals surface area contributed by atoms with Crippen LogP contribution in [-0.4, -0.2) is 109 Å². The van der Waals surface area contributed by atoms with Crippen molar-refractivity contribution in [2.75, 3.05) is 13.2 Å². The van der Waals surface area contributed by atoms with Crippen LogP contribution in [-0.2, 0) is 42.9 Å². The number of ether oxygens (including phenoxy) is 3. The standard InChI is InChI=1S/C64H124O10Si5/c1-50(58(74-79(25,26)64(14,15)16)49-67-47-51-36-29-27-30-37-51)46-57-56(69-59(66)70-57)45-32-28-31-38-52(65)39-33-40-53(71-76(19,20)61(5,6)7)41-34-42-54(72-77(21,22)62(8,9)10)43-35-44-55(73-78(23,24)63(11,12)13)48-68-75(17,18)60(2,3)4/h27,29-30,34-37,41,43,50,52-58,65H,28,31-33,38-40,42,44-49H2,1-26H3/b41-34+,43-35+/t50-,52+,53+,54+,55-,56-,57-,58-/m0/s1. The highest BCUT2D eigenvalue weighted by Gasteiger charge is 2.45. The summed E-state index contributed by atoms with van der Waals surface area (Å²) in [5.41, 5.74) is 1.13. The van der Waals surface area contributed by atoms with Gasteiger partial charge in [-0.25, -0.2) is 4.79 Å². The van der Waals surface area contributed by atoms with Gasteiger partial charge >= 0.3 is 6.16 Å². The first-order valence-electron chi connectivity index (χ1n) is 30.7. The van der Waals surface area contributed by atoms with E-state index < -0.39 is 47.7 Å². The molecular formula is C64H124O10Si5. The summed E-state index contributed by atoms with van der Waals surface area (Å²) in [6, 6.07) is 10.2. The Hall–Kier alpha value is -1.23. The number of unbranched alkanes of at least 4 members (excludes halogenated alkanes) is 2. The van der Waals surface area contributed by atoms with E-state index in [0.717, 1.165) is 69.8 Å². The Bertz CT molecular complexity index is 1970. The van der Waals surface area contributed by atoms with Crippen molar-refractivity contribution in [2.45, 2.75) is 321 Å². The van der Waals surface area contributed by atoms with Crippen molar-refractivity contribution in [3.8, 4) is 0 Å². The molecule has 1 aliphatic rings. The maximum Gasteiger partial charge on any atom is 0.509 e. The number of carbonyl (C=O) groups is 1. The second-order valence-electron chi connectivity index (χ2n) is 31.1. The van der Waals surface area contributed by atoms with Crippen molar-refractivity contribution in [3.63, 3.8) is 0 Å². The van der Waals surface area contributed by atoms with Crippen molar-refractivity contribution in [2.24, 2.45) is 5.92 Å². The van der Waals surface area contributed by atoms with Gasteiger partial charge in [0, 0.05) is 0 Å². The minimum atomic E-state index is -2.12. The third kappa shape index (κ3) is 25.5. The molecule has 0 amide bonds. The van der Waals surface area contributed by atoms with Gasteiger partial charge in [-0.3, -0.25) is 0 Å². The second kappa shape index (κ2) is 30.7. The third-order valence-corrected chi connectivity index (χ3v) is 41.6. The number of hydrogen-bond acceptors (Lipinski definition) is 10. The van der Waals surface area contributed by atoms with Gasteiger partial charge in [0.15, 0.2) is 41.6 Å². The summed E-state index contributed by atoms with van der Waals surface area (Å²) in [7, 11) is -10.4. The van der Waals surface area contributed by atoms with Crippen LogP contribution in [0.2, 0.25) is 90.7 Å². The van der Waals surface area contributed by atoms with Gasteiger partial charge in [0.25, 0.3) is 0 Å². The SMILES string of the molecule is C[C@@H](C[C@@H]1OC(=O)O[C@H]1CCCCC[C@@H](O)CCC[C@H](/C=C/C[C@H](/C=C/C[C@@H](CO[Si](C)(C)C(C)(C)C)O[Si](C)(C)C(C)(C)C)O[Si](C)(C)C(C)(C)C)O[Si](C)(C)C(C)(C)C)[C@H](COCc1ccccc1)O[Si](C)(C)C(C)(C)C. The Kier molecular flexibility index (Phi) is 28.7. The molecule has 1 N–H and O–H groups in total. The van der Waals surface area contributed by atoms with Crippen molar-refractivity contribution in [1.82, 2.24) is 0 Å². The predicted octanol–water partition coefficient (Wildman–Crippen LogP) is 19.1. The van der Waals surface area contributed by atoms with E-state index in [1.807, 2.05) is 18.2 Å². The maximum atomic E-state index is 12.6. The Morgan fingerprint density at radius 2 is 1.01 bits per heavy atom. The van der Waals surface area contributed by atoms with Gasteiger partial charge in [-0.15, -0.1) is 0 Å². The maximum absolute atomic E-state index is 12.6. The van der Waals surface area contributed by atoms with Crippen molar-refractivity contribution in [1.29, 1.82) is 0 Å². The average Bonchev–Trinajstić information content (AvgIpc) is 3.63. The molecule has 0 spiro atoms. The molecule has 8 atom stereocenters. The van der Waals surface area contributed by atoms with E-state index in [9.17, 15) is 9.90 Å². The molecule has 0 aliphatic carbocycles. The van der Waals surface area contributed by atoms with E-state index in [1.165, 1.54) is 0 Å². The number of aliphatic hydroxyl groups is 1. The number of carbonyl (C=O) groups excluding carboxylic acids is 1. The van der Waals surface area contributed by atoms with Gasteiger partial charge in [0.05, 0.1) is 50.3 Å². The van der Waals surface area contributed by atoms with E-state index in [1.54, 1.807) is 0 Å². The lowest BCUT2D eigenvalue weighted by molar-refractivity contribution is -0.00471. The molecule has 0 bridgehead atoms. The fraction of sp³-hybridized carbons (Fsp3) is 0.828. The normalized spacial score (nSPS) is 19.4. The van der Waals surface area contributed by atoms with Gasteiger partial charge in [-0.05, 0) is 160 Å². The van der Waals surface area contributed by atoms with E-state index in [0.29, 0.717) is 26.2 Å². The number of rotatable bonds is 34. The van der Waals surface area contributed by atoms with Crippen molar-refractivity contribution in [3.05, 3.63) is 60.2 Å². The van der Waals surface area contributed by atoms with Crippen LogP contribution in [0.15, 0.2) is 54.6 Å². The first-order valence-corrected chi connectivity index (χ1v) is 45.2. The van der Waals surface area contributed by atoms with Gasteiger partial charge in [0.2, 0.25) is 0 Å². The quantitative estimate of drug-likeness (QED) is 0.0310. The summed E-state index contributed by atoms with van der Waals surface area (Å²) in [5, 5.41) is 11.7. The van der Waals surface area contributed by atoms with Gasteiger partial charge in [0.1, 0.15) is 12.2 Å². The van der Waals surface area contributed by atoms with Crippen LogP contribution in [0.5, 0.6) is 0 Å². The van der Waals surface area contributed by atoms with Crippen LogP contribution in [0.1, 0.15) is 187 Å². The summed E-state index contributed by atoms with van der Waals surface area (Å²) in [4.78, 5) is 12.6. The van der Waals surface area contributed by atoms with Crippen LogP contribution in [0.3, 0.4) is 0 Å². The minimum absolute atomic E-state index is 0.0294. The fourth-order valence-electron chi connectivity index (χ4n) is 8.21. The second-order valence-corrected chi connectivity index (χ2v) is 55.0. The summed E-state index contributed by atoms with van der Waals surface area (Å²) < 4.78 is 53.0. The molecular weight excluding hydrogens is 1070 g/mol. The molecule has 2 rings (SSSR count). The molecule has 0 aromatic heterocycles. The number of benzene rings is 1. The molecule has 1 aromatic rings. The average molecular weight is 1190 g/mol. The Morgan fingerprint density at radius 3 is 1.56 bits per heavy atom. The van der Waals surface area contributed by atoms with Crippen molar-refractivity contribution >= 4 is 47.7 Å². The van der Waals surface area contributed by atoms with E-state index in [2.05, 4.69) is 213 Å². The summed E-state index contributed by atoms with van der Waals surface area (Å²) in [5.74, 6) is 0.0836. The monoisotopic (exact) mass is 1190 g/mol.